The highest BCUT2D eigenvalue weighted by Gasteiger charge is 2.20. The van der Waals surface area contributed by atoms with Crippen molar-refractivity contribution in [1.29, 1.82) is 0 Å². The van der Waals surface area contributed by atoms with Crippen LogP contribution in [0.1, 0.15) is 15.3 Å². The summed E-state index contributed by atoms with van der Waals surface area (Å²) in [6, 6.07) is 0. The van der Waals surface area contributed by atoms with Gasteiger partial charge in [0.15, 0.2) is 0 Å². The Balaban J connectivity index is -0.000000242. The molecule has 0 bridgehead atoms. The van der Waals surface area contributed by atoms with Crippen LogP contribution in [0.2, 0.25) is 0 Å². The molecule has 0 radical (unpaired) electrons. The maximum atomic E-state index is 9.75. The molecule has 0 aromatic rings. The number of halogens is 4. The highest BCUT2D eigenvalue weighted by atomic mass is 19.5. The third-order valence-electron chi connectivity index (χ3n) is 2.36. The number of nitrogens with zero attached hydrogens (tertiary/aromatic N) is 1. The predicted molar refractivity (Wildman–Crippen MR) is 55.3 cm³/mol. The van der Waals surface area contributed by atoms with Crippen LogP contribution in [0.3, 0.4) is 0 Å². The summed E-state index contributed by atoms with van der Waals surface area (Å²) in [5.74, 6) is 0. The van der Waals surface area contributed by atoms with Crippen LogP contribution >= 0.6 is 0 Å². The molecule has 0 saturated carbocycles. The molecule has 0 saturated heterocycles. The van der Waals surface area contributed by atoms with E-state index in [0.717, 1.165) is 17.6 Å². The normalized spacial score (nSPS) is 12.0. The highest BCUT2D eigenvalue weighted by Crippen LogP contribution is 2.06. The minimum absolute atomic E-state index is 0. The van der Waals surface area contributed by atoms with Crippen molar-refractivity contribution in [3.05, 3.63) is 0 Å². The zero-order valence-corrected chi connectivity index (χ0v) is 9.77. The van der Waals surface area contributed by atoms with E-state index in [4.69, 9.17) is 4.74 Å². The fourth-order valence-corrected chi connectivity index (χ4v) is 0.852. The Morgan fingerprint density at radius 3 is 1.67 bits per heavy atom. The van der Waals surface area contributed by atoms with Crippen LogP contribution in [0.5, 0.6) is 0 Å². The molecule has 15 heavy (non-hydrogen) atoms. The van der Waals surface area contributed by atoms with Gasteiger partial charge in [0.2, 0.25) is 0 Å². The molecule has 0 aliphatic heterocycles. The van der Waals surface area contributed by atoms with Crippen LogP contribution < -0.4 is 0 Å². The second-order valence-electron chi connectivity index (χ2n) is 3.46. The van der Waals surface area contributed by atoms with Crippen LogP contribution in [0.15, 0.2) is 0 Å². The van der Waals surface area contributed by atoms with Crippen molar-refractivity contribution in [2.75, 3.05) is 40.4 Å². The van der Waals surface area contributed by atoms with E-state index in [1.807, 2.05) is 0 Å². The lowest BCUT2D eigenvalue weighted by Crippen LogP contribution is -2.45. The maximum absolute atomic E-state index is 9.75. The fourth-order valence-electron chi connectivity index (χ4n) is 0.852. The molecule has 94 valence electrons. The molecule has 0 unspecified atom stereocenters. The van der Waals surface area contributed by atoms with E-state index in [0.29, 0.717) is 0 Å². The fraction of sp³-hybridized carbons (Fsp3) is 1.00. The number of hydrogen-bond donors (Lipinski definition) is 0. The summed E-state index contributed by atoms with van der Waals surface area (Å²) in [4.78, 5) is 0. The summed E-state index contributed by atoms with van der Waals surface area (Å²) in [5, 5.41) is 0. The monoisotopic (exact) mass is 234 g/mol. The van der Waals surface area contributed by atoms with Crippen molar-refractivity contribution in [2.45, 2.75) is 13.8 Å². The van der Waals surface area contributed by atoms with E-state index in [1.54, 1.807) is 7.11 Å². The largest absolute Gasteiger partial charge is 1.00 e. The number of ether oxygens (including phenoxy) is 1. The smallest absolute Gasteiger partial charge is 0.418 e. The molecule has 0 aromatic heterocycles. The van der Waals surface area contributed by atoms with Crippen molar-refractivity contribution < 1.29 is 27.9 Å². The quantitative estimate of drug-likeness (QED) is 0.403. The Kier molecular flexibility index (Phi) is 9.04. The SMILES string of the molecule is CC[N+](C)(CC)CCOC.F[B-](F)(F)F.[H+]. The summed E-state index contributed by atoms with van der Waals surface area (Å²) in [6.45, 7) is 8.83. The van der Waals surface area contributed by atoms with Crippen molar-refractivity contribution in [1.82, 2.24) is 0 Å². The Morgan fingerprint density at radius 1 is 1.13 bits per heavy atom. The third-order valence-corrected chi connectivity index (χ3v) is 2.36. The summed E-state index contributed by atoms with van der Waals surface area (Å²) >= 11 is 0. The third kappa shape index (κ3) is 16.4. The standard InChI is InChI=1S/C8H20NO.BF4/c1-5-9(3,6-2)7-8-10-4;2-1(3,4)5/h5-8H2,1-4H3;/q+1;-1/p+1. The first kappa shape index (κ1) is 17.1. The Hall–Kier alpha value is -0.295. The van der Waals surface area contributed by atoms with E-state index in [-0.39, 0.29) is 1.43 Å². The Morgan fingerprint density at radius 2 is 1.47 bits per heavy atom. The van der Waals surface area contributed by atoms with E-state index in [1.165, 1.54) is 13.1 Å². The molecular formula is C8H21BF4NO+. The van der Waals surface area contributed by atoms with Crippen LogP contribution in [0, 0.1) is 0 Å². The number of likely N-dealkylation sites (N-methyl/N-ethyl adjacent to an activating group) is 1. The second kappa shape index (κ2) is 7.93. The number of rotatable bonds is 5. The summed E-state index contributed by atoms with van der Waals surface area (Å²) < 4.78 is 45.1. The summed E-state index contributed by atoms with van der Waals surface area (Å²) in [7, 11) is -1.98. The lowest BCUT2D eigenvalue weighted by molar-refractivity contribution is -0.906. The van der Waals surface area contributed by atoms with Crippen molar-refractivity contribution >= 4 is 7.25 Å². The van der Waals surface area contributed by atoms with Crippen LogP contribution in [0.4, 0.5) is 17.3 Å². The summed E-state index contributed by atoms with van der Waals surface area (Å²) in [6.07, 6.45) is 0. The predicted octanol–water partition coefficient (Wildman–Crippen LogP) is 2.53. The molecule has 0 aliphatic rings. The number of quaternary nitrogens is 1. The number of methoxy groups -OCH3 is 1. The molecule has 0 amide bonds. The van der Waals surface area contributed by atoms with Gasteiger partial charge in [-0.15, -0.1) is 0 Å². The maximum Gasteiger partial charge on any atom is 1.00 e. The van der Waals surface area contributed by atoms with Gasteiger partial charge in [0.1, 0.15) is 6.54 Å². The first-order valence-electron chi connectivity index (χ1n) is 4.88. The minimum atomic E-state index is -6.00. The summed E-state index contributed by atoms with van der Waals surface area (Å²) in [5.41, 5.74) is 0. The average Bonchev–Trinajstić information content (AvgIpc) is 2.12. The van der Waals surface area contributed by atoms with Crippen molar-refractivity contribution in [3.8, 4) is 0 Å². The molecule has 0 spiro atoms. The molecule has 0 fully saturated rings. The lowest BCUT2D eigenvalue weighted by Gasteiger charge is -2.31. The van der Waals surface area contributed by atoms with Crippen LogP contribution in [0.25, 0.3) is 0 Å². The van der Waals surface area contributed by atoms with Crippen molar-refractivity contribution in [3.63, 3.8) is 0 Å². The van der Waals surface area contributed by atoms with Gasteiger partial charge in [-0.1, -0.05) is 0 Å². The van der Waals surface area contributed by atoms with Gasteiger partial charge in [-0.3, -0.25) is 0 Å². The van der Waals surface area contributed by atoms with Gasteiger partial charge in [-0.2, -0.15) is 0 Å². The number of hydrogen-bond acceptors (Lipinski definition) is 1. The first-order valence-corrected chi connectivity index (χ1v) is 4.88. The zero-order valence-electron chi connectivity index (χ0n) is 10.8. The van der Waals surface area contributed by atoms with Crippen molar-refractivity contribution in [2.24, 2.45) is 0 Å². The molecule has 0 aromatic carbocycles. The Labute approximate surface area is 90.4 Å². The molecule has 0 atom stereocenters. The van der Waals surface area contributed by atoms with E-state index in [2.05, 4.69) is 20.9 Å². The molecule has 0 heterocycles. The average molecular weight is 234 g/mol. The van der Waals surface area contributed by atoms with Gasteiger partial charge in [-0.25, -0.2) is 0 Å². The molecule has 0 aliphatic carbocycles. The van der Waals surface area contributed by atoms with Crippen LogP contribution in [-0.4, -0.2) is 52.1 Å². The van der Waals surface area contributed by atoms with Gasteiger partial charge in [-0.05, 0) is 13.8 Å². The topological polar surface area (TPSA) is 9.23 Å². The van der Waals surface area contributed by atoms with Gasteiger partial charge in [0, 0.05) is 7.11 Å². The lowest BCUT2D eigenvalue weighted by atomic mass is 10.3. The first-order chi connectivity index (χ1) is 6.68. The van der Waals surface area contributed by atoms with E-state index < -0.39 is 7.25 Å². The van der Waals surface area contributed by atoms with Gasteiger partial charge in [0.25, 0.3) is 0 Å². The highest BCUT2D eigenvalue weighted by molar-refractivity contribution is 6.50. The molecule has 7 heteroatoms. The Bertz CT molecular complexity index is 149. The van der Waals surface area contributed by atoms with E-state index >= 15 is 0 Å². The molecular weight excluding hydrogens is 213 g/mol. The van der Waals surface area contributed by atoms with Crippen LogP contribution in [-0.2, 0) is 4.74 Å². The second-order valence-corrected chi connectivity index (χ2v) is 3.46. The van der Waals surface area contributed by atoms with Gasteiger partial charge in [0.05, 0.1) is 26.7 Å². The molecule has 0 N–H and O–H groups in total. The van der Waals surface area contributed by atoms with Gasteiger partial charge >= 0.3 is 8.68 Å². The molecule has 2 nitrogen and oxygen atoms in total. The molecule has 0 rings (SSSR count). The zero-order chi connectivity index (χ0) is 12.5. The minimum Gasteiger partial charge on any atom is -0.418 e. The van der Waals surface area contributed by atoms with Gasteiger partial charge < -0.3 is 26.5 Å². The van der Waals surface area contributed by atoms with E-state index in [9.17, 15) is 17.3 Å².